The monoisotopic (exact) mass is 691 g/mol. The molecule has 45 heavy (non-hydrogen) atoms. The molecule has 8 nitrogen and oxygen atoms in total. The molecule has 236 valence electrons. The van der Waals surface area contributed by atoms with E-state index in [0.717, 1.165) is 26.2 Å². The Bertz CT molecular complexity index is 1670. The van der Waals surface area contributed by atoms with Crippen LogP contribution >= 0.6 is 15.9 Å². The standard InChI is InChI=1S/C35H38BrN3O5S/c1-26(2)23-37-35(41)33(22-27-11-6-4-7-12-27)38(24-28-13-10-14-29(36)21-28)34(40)25-39(45(3,42)43)30-17-19-32(20-18-30)44-31-15-8-5-9-16-31/h4-21,26,33H,22-25H2,1-3H3,(H,37,41)/t33-/m1/s1. The number of carbonyl (C=O) groups is 2. The van der Waals surface area contributed by atoms with E-state index in [-0.39, 0.29) is 24.8 Å². The molecular weight excluding hydrogens is 654 g/mol. The van der Waals surface area contributed by atoms with Gasteiger partial charge < -0.3 is 15.0 Å². The maximum absolute atomic E-state index is 14.2. The Labute approximate surface area is 274 Å². The third-order valence-electron chi connectivity index (χ3n) is 6.98. The first-order chi connectivity index (χ1) is 21.5. The van der Waals surface area contributed by atoms with Crippen molar-refractivity contribution in [2.45, 2.75) is 32.9 Å². The fourth-order valence-corrected chi connectivity index (χ4v) is 6.02. The van der Waals surface area contributed by atoms with E-state index in [0.29, 0.717) is 23.7 Å². The first kappa shape index (κ1) is 33.7. The summed E-state index contributed by atoms with van der Waals surface area (Å²) < 4.78 is 33.9. The van der Waals surface area contributed by atoms with Gasteiger partial charge in [0.05, 0.1) is 11.9 Å². The van der Waals surface area contributed by atoms with Crippen molar-refractivity contribution < 1.29 is 22.7 Å². The summed E-state index contributed by atoms with van der Waals surface area (Å²) in [6.07, 6.45) is 1.32. The first-order valence-corrected chi connectivity index (χ1v) is 17.3. The number of benzene rings is 4. The van der Waals surface area contributed by atoms with Gasteiger partial charge in [-0.3, -0.25) is 13.9 Å². The van der Waals surface area contributed by atoms with Crippen LogP contribution in [-0.4, -0.2) is 50.5 Å². The number of sulfonamides is 1. The van der Waals surface area contributed by atoms with Crippen LogP contribution < -0.4 is 14.4 Å². The molecule has 0 aromatic heterocycles. The predicted molar refractivity (Wildman–Crippen MR) is 182 cm³/mol. The van der Waals surface area contributed by atoms with Crippen LogP contribution in [0.4, 0.5) is 5.69 Å². The normalized spacial score (nSPS) is 11.9. The number of amides is 2. The number of anilines is 1. The molecule has 1 N–H and O–H groups in total. The highest BCUT2D eigenvalue weighted by atomic mass is 79.9. The van der Waals surface area contributed by atoms with Crippen molar-refractivity contribution in [3.63, 3.8) is 0 Å². The number of para-hydroxylation sites is 1. The second-order valence-electron chi connectivity index (χ2n) is 11.2. The van der Waals surface area contributed by atoms with Crippen LogP contribution in [0.25, 0.3) is 0 Å². The molecule has 0 saturated heterocycles. The van der Waals surface area contributed by atoms with Crippen LogP contribution in [0.15, 0.2) is 114 Å². The van der Waals surface area contributed by atoms with Gasteiger partial charge in [-0.2, -0.15) is 0 Å². The Kier molecular flexibility index (Phi) is 11.8. The number of nitrogens with one attached hydrogen (secondary N) is 1. The molecule has 0 bridgehead atoms. The van der Waals surface area contributed by atoms with Crippen LogP contribution in [0.1, 0.15) is 25.0 Å². The quantitative estimate of drug-likeness (QED) is 0.165. The van der Waals surface area contributed by atoms with Gasteiger partial charge in [0.15, 0.2) is 0 Å². The van der Waals surface area contributed by atoms with Crippen LogP contribution in [0, 0.1) is 5.92 Å². The fourth-order valence-electron chi connectivity index (χ4n) is 4.73. The molecule has 0 spiro atoms. The number of halogens is 1. The van der Waals surface area contributed by atoms with Crippen molar-refractivity contribution in [3.8, 4) is 11.5 Å². The lowest BCUT2D eigenvalue weighted by Gasteiger charge is -2.33. The van der Waals surface area contributed by atoms with Gasteiger partial charge in [-0.15, -0.1) is 0 Å². The summed E-state index contributed by atoms with van der Waals surface area (Å²) in [6.45, 7) is 4.05. The molecule has 1 atom stereocenters. The Balaban J connectivity index is 1.67. The summed E-state index contributed by atoms with van der Waals surface area (Å²) >= 11 is 3.49. The molecule has 0 aliphatic heterocycles. The van der Waals surface area contributed by atoms with E-state index in [1.807, 2.05) is 98.8 Å². The van der Waals surface area contributed by atoms with Crippen molar-refractivity contribution in [2.24, 2.45) is 5.92 Å². The van der Waals surface area contributed by atoms with Gasteiger partial charge in [0.2, 0.25) is 21.8 Å². The van der Waals surface area contributed by atoms with Gasteiger partial charge in [-0.25, -0.2) is 8.42 Å². The molecule has 2 amide bonds. The number of nitrogens with zero attached hydrogens (tertiary/aromatic N) is 2. The maximum Gasteiger partial charge on any atom is 0.244 e. The molecule has 4 rings (SSSR count). The van der Waals surface area contributed by atoms with Gasteiger partial charge >= 0.3 is 0 Å². The van der Waals surface area contributed by atoms with E-state index in [9.17, 15) is 18.0 Å². The number of carbonyl (C=O) groups excluding carboxylic acids is 2. The molecule has 0 heterocycles. The zero-order valence-corrected chi connectivity index (χ0v) is 28.0. The number of rotatable bonds is 14. The second-order valence-corrected chi connectivity index (χ2v) is 14.0. The van der Waals surface area contributed by atoms with Crippen molar-refractivity contribution >= 4 is 43.5 Å². The highest BCUT2D eigenvalue weighted by molar-refractivity contribution is 9.10. The SMILES string of the molecule is CC(C)CNC(=O)[C@@H](Cc1ccccc1)N(Cc1cccc(Br)c1)C(=O)CN(c1ccc(Oc2ccccc2)cc1)S(C)(=O)=O. The molecular formula is C35H38BrN3O5S. The third kappa shape index (κ3) is 10.2. The molecule has 0 saturated carbocycles. The van der Waals surface area contributed by atoms with Crippen molar-refractivity contribution in [1.29, 1.82) is 0 Å². The number of ether oxygens (including phenoxy) is 1. The van der Waals surface area contributed by atoms with E-state index in [1.54, 1.807) is 24.3 Å². The summed E-state index contributed by atoms with van der Waals surface area (Å²) in [4.78, 5) is 29.5. The van der Waals surface area contributed by atoms with Gasteiger partial charge in [0.1, 0.15) is 24.1 Å². The Morgan fingerprint density at radius 2 is 1.42 bits per heavy atom. The van der Waals surface area contributed by atoms with E-state index in [4.69, 9.17) is 4.74 Å². The topological polar surface area (TPSA) is 96.0 Å². The van der Waals surface area contributed by atoms with E-state index in [1.165, 1.54) is 4.90 Å². The zero-order valence-electron chi connectivity index (χ0n) is 25.6. The summed E-state index contributed by atoms with van der Waals surface area (Å²) in [7, 11) is -3.89. The van der Waals surface area contributed by atoms with Crippen LogP contribution in [0.3, 0.4) is 0 Å². The van der Waals surface area contributed by atoms with Crippen LogP contribution in [-0.2, 0) is 32.6 Å². The minimum Gasteiger partial charge on any atom is -0.457 e. The smallest absolute Gasteiger partial charge is 0.244 e. The van der Waals surface area contributed by atoms with Crippen LogP contribution in [0.5, 0.6) is 11.5 Å². The Morgan fingerprint density at radius 3 is 2.02 bits per heavy atom. The maximum atomic E-state index is 14.2. The van der Waals surface area contributed by atoms with E-state index < -0.39 is 28.5 Å². The number of hydrogen-bond donors (Lipinski definition) is 1. The minimum absolute atomic E-state index is 0.103. The summed E-state index contributed by atoms with van der Waals surface area (Å²) in [6, 6.07) is 31.8. The molecule has 0 aliphatic carbocycles. The summed E-state index contributed by atoms with van der Waals surface area (Å²) in [5, 5.41) is 2.99. The average Bonchev–Trinajstić information content (AvgIpc) is 3.01. The molecule has 0 unspecified atom stereocenters. The first-order valence-electron chi connectivity index (χ1n) is 14.7. The minimum atomic E-state index is -3.89. The van der Waals surface area contributed by atoms with Gasteiger partial charge in [0, 0.05) is 24.0 Å². The molecule has 4 aromatic rings. The van der Waals surface area contributed by atoms with Gasteiger partial charge in [-0.1, -0.05) is 90.4 Å². The Hall–Kier alpha value is -4.15. The van der Waals surface area contributed by atoms with Gasteiger partial charge in [-0.05, 0) is 65.6 Å². The fraction of sp³-hybridized carbons (Fsp3) is 0.257. The van der Waals surface area contributed by atoms with Gasteiger partial charge in [0.25, 0.3) is 0 Å². The zero-order chi connectivity index (χ0) is 32.4. The van der Waals surface area contributed by atoms with Crippen molar-refractivity contribution in [3.05, 3.63) is 125 Å². The number of hydrogen-bond acceptors (Lipinski definition) is 5. The molecule has 0 fully saturated rings. The Morgan fingerprint density at radius 1 is 0.822 bits per heavy atom. The lowest BCUT2D eigenvalue weighted by atomic mass is 10.0. The van der Waals surface area contributed by atoms with Crippen molar-refractivity contribution in [1.82, 2.24) is 10.2 Å². The predicted octanol–water partition coefficient (Wildman–Crippen LogP) is 6.42. The largest absolute Gasteiger partial charge is 0.457 e. The summed E-state index contributed by atoms with van der Waals surface area (Å²) in [5.41, 5.74) is 1.97. The summed E-state index contributed by atoms with van der Waals surface area (Å²) in [5.74, 6) is 0.555. The second kappa shape index (κ2) is 15.7. The molecule has 0 aliphatic rings. The van der Waals surface area contributed by atoms with Crippen LogP contribution in [0.2, 0.25) is 0 Å². The lowest BCUT2D eigenvalue weighted by Crippen LogP contribution is -2.53. The molecule has 0 radical (unpaired) electrons. The van der Waals surface area contributed by atoms with E-state index >= 15 is 0 Å². The third-order valence-corrected chi connectivity index (χ3v) is 8.61. The highest BCUT2D eigenvalue weighted by Crippen LogP contribution is 2.26. The lowest BCUT2D eigenvalue weighted by molar-refractivity contribution is -0.140. The van der Waals surface area contributed by atoms with E-state index in [2.05, 4.69) is 21.2 Å². The molecule has 10 heteroatoms. The average molecular weight is 693 g/mol. The molecule has 4 aromatic carbocycles. The highest BCUT2D eigenvalue weighted by Gasteiger charge is 2.33. The van der Waals surface area contributed by atoms with Crippen molar-refractivity contribution in [2.75, 3.05) is 23.7 Å².